The Balaban J connectivity index is 1.63. The molecule has 1 N–H and O–H groups in total. The second kappa shape index (κ2) is 9.44. The molecule has 0 aliphatic carbocycles. The van der Waals surface area contributed by atoms with E-state index in [2.05, 4.69) is 4.90 Å². The summed E-state index contributed by atoms with van der Waals surface area (Å²) in [6, 6.07) is 9.50. The van der Waals surface area contributed by atoms with Crippen LogP contribution in [0.5, 0.6) is 17.2 Å². The van der Waals surface area contributed by atoms with E-state index in [0.29, 0.717) is 46.8 Å². The Hall–Kier alpha value is -3.32. The van der Waals surface area contributed by atoms with Crippen LogP contribution in [0.15, 0.2) is 45.6 Å². The molecule has 32 heavy (non-hydrogen) atoms. The zero-order valence-electron chi connectivity index (χ0n) is 18.3. The van der Waals surface area contributed by atoms with Gasteiger partial charge in [0.2, 0.25) is 11.2 Å². The van der Waals surface area contributed by atoms with Gasteiger partial charge in [-0.2, -0.15) is 0 Å². The first-order valence-corrected chi connectivity index (χ1v) is 10.9. The number of ether oxygens (including phenoxy) is 2. The van der Waals surface area contributed by atoms with Gasteiger partial charge in [0.25, 0.3) is 0 Å². The summed E-state index contributed by atoms with van der Waals surface area (Å²) in [5.41, 5.74) is 1.11. The largest absolute Gasteiger partial charge is 0.507 e. The van der Waals surface area contributed by atoms with Crippen LogP contribution in [-0.4, -0.2) is 35.7 Å². The van der Waals surface area contributed by atoms with Crippen LogP contribution in [0.2, 0.25) is 0 Å². The quantitative estimate of drug-likeness (QED) is 0.533. The first kappa shape index (κ1) is 21.9. The van der Waals surface area contributed by atoms with E-state index in [1.165, 1.54) is 6.07 Å². The normalized spacial score (nSPS) is 14.1. The summed E-state index contributed by atoms with van der Waals surface area (Å²) in [7, 11) is 0. The van der Waals surface area contributed by atoms with Gasteiger partial charge in [-0.05, 0) is 75.7 Å². The van der Waals surface area contributed by atoms with Gasteiger partial charge in [-0.15, -0.1) is 0 Å². The Morgan fingerprint density at radius 2 is 1.84 bits per heavy atom. The Morgan fingerprint density at radius 3 is 2.53 bits per heavy atom. The molecule has 168 valence electrons. The van der Waals surface area contributed by atoms with Gasteiger partial charge >= 0.3 is 5.97 Å². The minimum Gasteiger partial charge on any atom is -0.507 e. The number of aromatic hydroxyl groups is 1. The Kier molecular flexibility index (Phi) is 6.46. The lowest BCUT2D eigenvalue weighted by Gasteiger charge is -2.17. The predicted molar refractivity (Wildman–Crippen MR) is 120 cm³/mol. The number of benzene rings is 2. The lowest BCUT2D eigenvalue weighted by atomic mass is 10.1. The van der Waals surface area contributed by atoms with Crippen LogP contribution in [-0.2, 0) is 11.3 Å². The van der Waals surface area contributed by atoms with Gasteiger partial charge in [0.15, 0.2) is 0 Å². The maximum absolute atomic E-state index is 13.2. The fourth-order valence-electron chi connectivity index (χ4n) is 3.88. The predicted octanol–water partition coefficient (Wildman–Crippen LogP) is 4.76. The molecule has 0 spiro atoms. The number of phenolic OH excluding ortho intramolecular Hbond substituents is 1. The maximum Gasteiger partial charge on any atom is 0.338 e. The number of nitrogens with zero attached hydrogens (tertiary/aromatic N) is 1. The van der Waals surface area contributed by atoms with E-state index in [0.717, 1.165) is 32.4 Å². The third kappa shape index (κ3) is 4.48. The van der Waals surface area contributed by atoms with Gasteiger partial charge in [0, 0.05) is 6.54 Å². The van der Waals surface area contributed by atoms with Gasteiger partial charge in [0.1, 0.15) is 22.8 Å². The van der Waals surface area contributed by atoms with E-state index < -0.39 is 5.97 Å². The molecule has 1 aliphatic heterocycles. The Bertz CT molecular complexity index is 1180. The molecule has 4 rings (SSSR count). The van der Waals surface area contributed by atoms with E-state index in [1.807, 2.05) is 6.92 Å². The molecule has 2 heterocycles. The van der Waals surface area contributed by atoms with Crippen LogP contribution in [0.4, 0.5) is 0 Å². The molecular weight excluding hydrogens is 410 g/mol. The lowest BCUT2D eigenvalue weighted by Crippen LogP contribution is -2.19. The number of esters is 1. The molecule has 1 fully saturated rings. The summed E-state index contributed by atoms with van der Waals surface area (Å²) in [6.07, 6.45) is 3.00. The Morgan fingerprint density at radius 1 is 1.12 bits per heavy atom. The van der Waals surface area contributed by atoms with Crippen LogP contribution < -0.4 is 10.2 Å². The molecule has 1 aliphatic rings. The topological polar surface area (TPSA) is 89.2 Å². The number of hydrogen-bond donors (Lipinski definition) is 1. The summed E-state index contributed by atoms with van der Waals surface area (Å²) in [4.78, 5) is 27.4. The van der Waals surface area contributed by atoms with Crippen LogP contribution in [0, 0.1) is 6.92 Å². The molecule has 0 atom stereocenters. The van der Waals surface area contributed by atoms with Crippen molar-refractivity contribution in [2.24, 2.45) is 0 Å². The zero-order chi connectivity index (χ0) is 22.7. The first-order chi connectivity index (χ1) is 15.5. The minimum absolute atomic E-state index is 0.0802. The van der Waals surface area contributed by atoms with Crippen molar-refractivity contribution >= 4 is 16.9 Å². The van der Waals surface area contributed by atoms with E-state index in [1.54, 1.807) is 37.3 Å². The van der Waals surface area contributed by atoms with Crippen molar-refractivity contribution in [2.75, 3.05) is 19.7 Å². The lowest BCUT2D eigenvalue weighted by molar-refractivity contribution is 0.0505. The van der Waals surface area contributed by atoms with Crippen LogP contribution >= 0.6 is 0 Å². The molecule has 7 heteroatoms. The summed E-state index contributed by atoms with van der Waals surface area (Å²) in [5, 5.41) is 10.8. The number of fused-ring (bicyclic) bond motifs is 1. The molecule has 2 aromatic carbocycles. The van der Waals surface area contributed by atoms with Crippen LogP contribution in [0.1, 0.15) is 47.9 Å². The summed E-state index contributed by atoms with van der Waals surface area (Å²) >= 11 is 0. The standard InChI is InChI=1S/C25H27NO6/c1-3-14-30-25(29)17-6-8-18(9-7-17)32-23-16(2)31-24-19(22(23)28)10-11-21(27)20(24)15-26-12-4-5-13-26/h6-11,27H,3-5,12-15H2,1-2H3. The highest BCUT2D eigenvalue weighted by atomic mass is 16.5. The van der Waals surface area contributed by atoms with Gasteiger partial charge in [-0.1, -0.05) is 6.92 Å². The number of hydrogen-bond acceptors (Lipinski definition) is 7. The first-order valence-electron chi connectivity index (χ1n) is 10.9. The van der Waals surface area contributed by atoms with Crippen molar-refractivity contribution in [1.29, 1.82) is 0 Å². The molecule has 7 nitrogen and oxygen atoms in total. The third-order valence-electron chi connectivity index (χ3n) is 5.59. The fourth-order valence-corrected chi connectivity index (χ4v) is 3.88. The van der Waals surface area contributed by atoms with E-state index >= 15 is 0 Å². The van der Waals surface area contributed by atoms with Crippen LogP contribution in [0.25, 0.3) is 11.0 Å². The number of rotatable bonds is 7. The fraction of sp³-hybridized carbons (Fsp3) is 0.360. The van der Waals surface area contributed by atoms with Crippen molar-refractivity contribution in [3.8, 4) is 17.2 Å². The molecular formula is C25H27NO6. The van der Waals surface area contributed by atoms with Gasteiger partial charge in [-0.3, -0.25) is 9.69 Å². The van der Waals surface area contributed by atoms with E-state index in [4.69, 9.17) is 13.9 Å². The third-order valence-corrected chi connectivity index (χ3v) is 5.59. The monoisotopic (exact) mass is 437 g/mol. The average molecular weight is 437 g/mol. The maximum atomic E-state index is 13.2. The van der Waals surface area contributed by atoms with E-state index in [9.17, 15) is 14.7 Å². The highest BCUT2D eigenvalue weighted by molar-refractivity contribution is 5.89. The number of carbonyl (C=O) groups excluding carboxylic acids is 1. The number of likely N-dealkylation sites (tertiary alicyclic amines) is 1. The van der Waals surface area contributed by atoms with Crippen molar-refractivity contribution in [3.63, 3.8) is 0 Å². The highest BCUT2D eigenvalue weighted by Gasteiger charge is 2.21. The molecule has 0 saturated carbocycles. The number of aryl methyl sites for hydroxylation is 1. The molecule has 1 aromatic heterocycles. The van der Waals surface area contributed by atoms with Crippen molar-refractivity contribution in [2.45, 2.75) is 39.7 Å². The SMILES string of the molecule is CCCOC(=O)c1ccc(Oc2c(C)oc3c(CN4CCCC4)c(O)ccc3c2=O)cc1. The minimum atomic E-state index is -0.398. The second-order valence-electron chi connectivity index (χ2n) is 8.00. The molecule has 0 amide bonds. The van der Waals surface area contributed by atoms with Crippen LogP contribution in [0.3, 0.4) is 0 Å². The van der Waals surface area contributed by atoms with Gasteiger partial charge in [0.05, 0.1) is 23.1 Å². The van der Waals surface area contributed by atoms with Gasteiger partial charge < -0.3 is 19.0 Å². The Labute approximate surface area is 186 Å². The van der Waals surface area contributed by atoms with E-state index in [-0.39, 0.29) is 16.9 Å². The summed E-state index contributed by atoms with van der Waals surface area (Å²) < 4.78 is 16.9. The van der Waals surface area contributed by atoms with Crippen molar-refractivity contribution in [3.05, 3.63) is 63.5 Å². The zero-order valence-corrected chi connectivity index (χ0v) is 18.3. The number of phenols is 1. The molecule has 0 unspecified atom stereocenters. The molecule has 1 saturated heterocycles. The highest BCUT2D eigenvalue weighted by Crippen LogP contribution is 2.32. The van der Waals surface area contributed by atoms with Crippen molar-refractivity contribution in [1.82, 2.24) is 4.90 Å². The molecule has 3 aromatic rings. The molecule has 0 radical (unpaired) electrons. The average Bonchev–Trinajstić information content (AvgIpc) is 3.31. The second-order valence-corrected chi connectivity index (χ2v) is 8.00. The smallest absolute Gasteiger partial charge is 0.338 e. The number of carbonyl (C=O) groups is 1. The summed E-state index contributed by atoms with van der Waals surface area (Å²) in [6.45, 7) is 6.41. The van der Waals surface area contributed by atoms with Gasteiger partial charge in [-0.25, -0.2) is 4.79 Å². The summed E-state index contributed by atoms with van der Waals surface area (Å²) in [5.74, 6) is 0.526. The van der Waals surface area contributed by atoms with Crippen molar-refractivity contribution < 1.29 is 23.8 Å². The molecule has 0 bridgehead atoms.